The van der Waals surface area contributed by atoms with Crippen molar-refractivity contribution in [2.24, 2.45) is 5.73 Å². The summed E-state index contributed by atoms with van der Waals surface area (Å²) in [5.74, 6) is -0.728. The molecule has 2 aromatic heterocycles. The van der Waals surface area contributed by atoms with E-state index < -0.39 is 5.97 Å². The molecule has 1 amide bonds. The van der Waals surface area contributed by atoms with Crippen molar-refractivity contribution >= 4 is 70.1 Å². The molecule has 6 aromatic rings. The molecule has 0 unspecified atom stereocenters. The predicted molar refractivity (Wildman–Crippen MR) is 257 cm³/mol. The molecule has 0 radical (unpaired) electrons. The molecular formula is C50H57ClN8O7. The molecule has 0 bridgehead atoms. The SMILES string of the molecule is COC(=O)CCCCCCN.COC(=O)CCCCCCNC(=O)c1cnc(N(c2ccccc2)c2ccccc2)nc1.O=C(O)c1cnc(N(c2ccccc2)c2ccccc2Cl)nc1. The van der Waals surface area contributed by atoms with Crippen LogP contribution in [0.2, 0.25) is 5.02 Å². The lowest BCUT2D eigenvalue weighted by Crippen LogP contribution is -2.25. The molecule has 0 aliphatic rings. The fraction of sp³-hybridized carbons (Fsp3) is 0.280. The lowest BCUT2D eigenvalue weighted by molar-refractivity contribution is -0.141. The molecule has 0 saturated heterocycles. The fourth-order valence-corrected chi connectivity index (χ4v) is 6.45. The van der Waals surface area contributed by atoms with Crippen LogP contribution in [-0.2, 0) is 19.1 Å². The number of nitrogens with two attached hydrogens (primary N) is 1. The highest BCUT2D eigenvalue weighted by Crippen LogP contribution is 2.36. The second-order valence-corrected chi connectivity index (χ2v) is 14.9. The van der Waals surface area contributed by atoms with Crippen LogP contribution < -0.4 is 20.9 Å². The van der Waals surface area contributed by atoms with Gasteiger partial charge in [-0.15, -0.1) is 0 Å². The largest absolute Gasteiger partial charge is 0.478 e. The van der Waals surface area contributed by atoms with E-state index in [1.54, 1.807) is 23.4 Å². The van der Waals surface area contributed by atoms with E-state index in [-0.39, 0.29) is 23.4 Å². The molecule has 66 heavy (non-hydrogen) atoms. The number of aromatic carboxylic acids is 1. The Balaban J connectivity index is 0.000000243. The van der Waals surface area contributed by atoms with Gasteiger partial charge in [-0.1, -0.05) is 104 Å². The van der Waals surface area contributed by atoms with Crippen molar-refractivity contribution in [1.82, 2.24) is 25.3 Å². The Labute approximate surface area is 391 Å². The summed E-state index contributed by atoms with van der Waals surface area (Å²) in [4.78, 5) is 66.0. The van der Waals surface area contributed by atoms with E-state index in [1.165, 1.54) is 26.6 Å². The van der Waals surface area contributed by atoms with Crippen LogP contribution in [0.5, 0.6) is 0 Å². The Bertz CT molecular complexity index is 2310. The number of nitrogens with one attached hydrogen (secondary N) is 1. The lowest BCUT2D eigenvalue weighted by atomic mass is 10.1. The number of carboxylic acids is 1. The maximum Gasteiger partial charge on any atom is 0.338 e. The van der Waals surface area contributed by atoms with Crippen LogP contribution in [0, 0.1) is 0 Å². The zero-order valence-corrected chi connectivity index (χ0v) is 38.1. The number of benzene rings is 4. The highest BCUT2D eigenvalue weighted by Gasteiger charge is 2.19. The van der Waals surface area contributed by atoms with E-state index >= 15 is 0 Å². The van der Waals surface area contributed by atoms with Crippen LogP contribution >= 0.6 is 11.6 Å². The first-order valence-electron chi connectivity index (χ1n) is 21.7. The van der Waals surface area contributed by atoms with Crippen molar-refractivity contribution in [3.05, 3.63) is 156 Å². The van der Waals surface area contributed by atoms with Crippen molar-refractivity contribution in [2.45, 2.75) is 64.2 Å². The number of nitrogens with zero attached hydrogens (tertiary/aromatic N) is 6. The minimum atomic E-state index is -1.07. The van der Waals surface area contributed by atoms with Gasteiger partial charge in [0, 0.05) is 61.2 Å². The number of unbranched alkanes of at least 4 members (excludes halogenated alkanes) is 6. The summed E-state index contributed by atoms with van der Waals surface area (Å²) >= 11 is 6.31. The van der Waals surface area contributed by atoms with E-state index in [9.17, 15) is 19.2 Å². The lowest BCUT2D eigenvalue weighted by Gasteiger charge is -2.23. The molecule has 0 fully saturated rings. The number of amides is 1. The third-order valence-electron chi connectivity index (χ3n) is 9.71. The number of carbonyl (C=O) groups excluding carboxylic acids is 3. The topological polar surface area (TPSA) is 203 Å². The summed E-state index contributed by atoms with van der Waals surface area (Å²) in [6.45, 7) is 1.32. The van der Waals surface area contributed by atoms with E-state index in [0.29, 0.717) is 47.6 Å². The molecule has 0 aliphatic carbocycles. The van der Waals surface area contributed by atoms with Crippen molar-refractivity contribution < 1.29 is 33.8 Å². The first kappa shape index (κ1) is 51.4. The monoisotopic (exact) mass is 916 g/mol. The molecule has 0 aliphatic heterocycles. The van der Waals surface area contributed by atoms with Gasteiger partial charge in [0.25, 0.3) is 5.91 Å². The number of hydrogen-bond donors (Lipinski definition) is 3. The summed E-state index contributed by atoms with van der Waals surface area (Å²) in [6, 6.07) is 36.5. The highest BCUT2D eigenvalue weighted by molar-refractivity contribution is 6.33. The molecule has 346 valence electrons. The Kier molecular flexibility index (Phi) is 22.8. The highest BCUT2D eigenvalue weighted by atomic mass is 35.5. The van der Waals surface area contributed by atoms with E-state index in [2.05, 4.69) is 34.7 Å². The van der Waals surface area contributed by atoms with Crippen molar-refractivity contribution in [1.29, 1.82) is 0 Å². The number of halogens is 1. The molecule has 16 heteroatoms. The van der Waals surface area contributed by atoms with Crippen LogP contribution in [-0.4, -0.2) is 76.2 Å². The second kappa shape index (κ2) is 29.3. The first-order chi connectivity index (χ1) is 32.2. The van der Waals surface area contributed by atoms with Gasteiger partial charge in [-0.05, 0) is 80.8 Å². The number of carbonyl (C=O) groups is 4. The third kappa shape index (κ3) is 17.4. The molecule has 4 aromatic carbocycles. The van der Waals surface area contributed by atoms with Crippen molar-refractivity contribution in [2.75, 3.05) is 37.1 Å². The van der Waals surface area contributed by atoms with Crippen LogP contribution in [0.15, 0.2) is 140 Å². The zero-order chi connectivity index (χ0) is 47.4. The smallest absolute Gasteiger partial charge is 0.338 e. The number of para-hydroxylation sites is 4. The minimum Gasteiger partial charge on any atom is -0.478 e. The quantitative estimate of drug-likeness (QED) is 0.0454. The number of carboxylic acid groups (broad SMARTS) is 1. The Morgan fingerprint density at radius 3 is 1.42 bits per heavy atom. The Hall–Kier alpha value is -7.23. The van der Waals surface area contributed by atoms with Crippen LogP contribution in [0.1, 0.15) is 84.9 Å². The molecule has 6 rings (SSSR count). The summed E-state index contributed by atoms with van der Waals surface area (Å²) in [6.07, 6.45) is 14.3. The predicted octanol–water partition coefficient (Wildman–Crippen LogP) is 10.2. The van der Waals surface area contributed by atoms with Crippen LogP contribution in [0.25, 0.3) is 0 Å². The normalized spacial score (nSPS) is 10.2. The Morgan fingerprint density at radius 2 is 0.970 bits per heavy atom. The van der Waals surface area contributed by atoms with Gasteiger partial charge in [0.15, 0.2) is 0 Å². The van der Waals surface area contributed by atoms with Crippen LogP contribution in [0.3, 0.4) is 0 Å². The van der Waals surface area contributed by atoms with Crippen molar-refractivity contribution in [3.8, 4) is 0 Å². The maximum absolute atomic E-state index is 12.4. The fourth-order valence-electron chi connectivity index (χ4n) is 6.23. The summed E-state index contributed by atoms with van der Waals surface area (Å²) in [5.41, 5.74) is 9.15. The average Bonchev–Trinajstić information content (AvgIpc) is 3.36. The molecular weight excluding hydrogens is 860 g/mol. The van der Waals surface area contributed by atoms with Gasteiger partial charge in [-0.3, -0.25) is 24.2 Å². The molecule has 0 saturated carbocycles. The summed E-state index contributed by atoms with van der Waals surface area (Å²) in [7, 11) is 2.82. The molecule has 15 nitrogen and oxygen atoms in total. The number of ether oxygens (including phenoxy) is 2. The molecule has 4 N–H and O–H groups in total. The van der Waals surface area contributed by atoms with E-state index in [0.717, 1.165) is 75.0 Å². The van der Waals surface area contributed by atoms with Gasteiger partial charge in [0.1, 0.15) is 0 Å². The number of hydrogen-bond acceptors (Lipinski definition) is 13. The van der Waals surface area contributed by atoms with Crippen LogP contribution in [0.4, 0.5) is 34.6 Å². The number of rotatable bonds is 21. The maximum atomic E-state index is 12.4. The van der Waals surface area contributed by atoms with Gasteiger partial charge in [-0.25, -0.2) is 24.7 Å². The number of esters is 2. The van der Waals surface area contributed by atoms with Gasteiger partial charge < -0.3 is 25.6 Å². The average molecular weight is 918 g/mol. The van der Waals surface area contributed by atoms with Gasteiger partial charge >= 0.3 is 17.9 Å². The van der Waals surface area contributed by atoms with E-state index in [4.69, 9.17) is 22.4 Å². The second-order valence-electron chi connectivity index (χ2n) is 14.5. The number of methoxy groups -OCH3 is 2. The standard InChI is InChI=1S/C25H28N4O3.C17H12ClN3O2.C8H17NO2/c1-32-23(30)16-10-2-3-11-17-26-24(31)20-18-27-25(28-19-20)29(21-12-6-4-7-13-21)22-14-8-5-9-15-22;18-14-8-4-5-9-15(14)21(13-6-2-1-3-7-13)17-19-10-12(11-20-17)16(22)23;1-11-8(10)6-4-2-3-5-7-9/h4-9,12-15,18-19H,2-3,10-11,16-17H2,1H3,(H,26,31);1-11H,(H,22,23);2-7,9H2,1H3. The van der Waals surface area contributed by atoms with E-state index in [1.807, 2.05) is 114 Å². The molecule has 2 heterocycles. The van der Waals surface area contributed by atoms with Crippen molar-refractivity contribution in [3.63, 3.8) is 0 Å². The van der Waals surface area contributed by atoms with Gasteiger partial charge in [0.05, 0.1) is 36.1 Å². The van der Waals surface area contributed by atoms with Gasteiger partial charge in [0.2, 0.25) is 11.9 Å². The van der Waals surface area contributed by atoms with Gasteiger partial charge in [-0.2, -0.15) is 0 Å². The first-order valence-corrected chi connectivity index (χ1v) is 22.0. The molecule has 0 atom stereocenters. The minimum absolute atomic E-state index is 0.0286. The Morgan fingerprint density at radius 1 is 0.561 bits per heavy atom. The number of anilines is 6. The number of aromatic nitrogens is 4. The zero-order valence-electron chi connectivity index (χ0n) is 37.3. The third-order valence-corrected chi connectivity index (χ3v) is 10.0. The molecule has 0 spiro atoms. The summed E-state index contributed by atoms with van der Waals surface area (Å²) in [5, 5.41) is 12.4. The summed E-state index contributed by atoms with van der Waals surface area (Å²) < 4.78 is 9.11.